The smallest absolute Gasteiger partial charge is 0.248 e. The van der Waals surface area contributed by atoms with Crippen molar-refractivity contribution in [3.8, 4) is 5.69 Å². The summed E-state index contributed by atoms with van der Waals surface area (Å²) in [6.07, 6.45) is 4.63. The van der Waals surface area contributed by atoms with Crippen LogP contribution < -0.4 is 10.6 Å². The predicted octanol–water partition coefficient (Wildman–Crippen LogP) is 3.84. The van der Waals surface area contributed by atoms with Gasteiger partial charge < -0.3 is 15.2 Å². The minimum atomic E-state index is -0.881. The average molecular weight is 514 g/mol. The van der Waals surface area contributed by atoms with Crippen LogP contribution in [0.5, 0.6) is 0 Å². The van der Waals surface area contributed by atoms with Crippen molar-refractivity contribution in [2.45, 2.75) is 12.5 Å². The molecule has 0 bridgehead atoms. The largest absolute Gasteiger partial charge is 0.354 e. The van der Waals surface area contributed by atoms with E-state index in [1.165, 1.54) is 17.1 Å². The molecule has 2 N–H and O–H groups in total. The highest BCUT2D eigenvalue weighted by Gasteiger charge is 2.23. The first-order valence-corrected chi connectivity index (χ1v) is 11.7. The van der Waals surface area contributed by atoms with E-state index in [-0.39, 0.29) is 12.2 Å². The van der Waals surface area contributed by atoms with Gasteiger partial charge in [-0.05, 0) is 52.4 Å². The number of hydrogen-bond donors (Lipinski definition) is 2. The van der Waals surface area contributed by atoms with Gasteiger partial charge in [-0.15, -0.1) is 5.10 Å². The van der Waals surface area contributed by atoms with Crippen LogP contribution in [0.15, 0.2) is 89.7 Å². The van der Waals surface area contributed by atoms with Crippen LogP contribution in [-0.4, -0.2) is 43.2 Å². The summed E-state index contributed by atoms with van der Waals surface area (Å²) < 4.78 is 6.74. The van der Waals surface area contributed by atoms with E-state index >= 15 is 0 Å². The Morgan fingerprint density at radius 2 is 1.86 bits per heavy atom. The number of anilines is 1. The molecule has 0 spiro atoms. The number of hydrogen-bond acceptors (Lipinski definition) is 7. The van der Waals surface area contributed by atoms with Gasteiger partial charge in [-0.3, -0.25) is 9.59 Å². The Labute approximate surface area is 215 Å². The van der Waals surface area contributed by atoms with Crippen molar-refractivity contribution in [3.05, 3.63) is 101 Å². The molecule has 0 unspecified atom stereocenters. The minimum Gasteiger partial charge on any atom is -0.354 e. The van der Waals surface area contributed by atoms with Gasteiger partial charge in [0.2, 0.25) is 11.8 Å². The molecule has 37 heavy (non-hydrogen) atoms. The van der Waals surface area contributed by atoms with Gasteiger partial charge in [0.1, 0.15) is 12.4 Å². The van der Waals surface area contributed by atoms with Crippen molar-refractivity contribution in [1.82, 2.24) is 30.7 Å². The second kappa shape index (κ2) is 10.8. The molecule has 10 nitrogen and oxygen atoms in total. The molecule has 2 amide bonds. The van der Waals surface area contributed by atoms with Gasteiger partial charge in [0.15, 0.2) is 11.4 Å². The van der Waals surface area contributed by atoms with E-state index in [4.69, 9.17) is 16.1 Å². The fraction of sp³-hybridized carbons (Fsp3) is 0.0769. The number of amides is 2. The van der Waals surface area contributed by atoms with Gasteiger partial charge in [-0.2, -0.15) is 4.68 Å². The third-order valence-electron chi connectivity index (χ3n) is 5.53. The molecule has 0 radical (unpaired) electrons. The summed E-state index contributed by atoms with van der Waals surface area (Å²) in [7, 11) is 0. The highest BCUT2D eigenvalue weighted by Crippen LogP contribution is 2.23. The van der Waals surface area contributed by atoms with E-state index in [1.54, 1.807) is 36.4 Å². The molecule has 0 fully saturated rings. The van der Waals surface area contributed by atoms with Crippen LogP contribution in [0.3, 0.4) is 0 Å². The molecule has 2 heterocycles. The Bertz CT molecular complexity index is 1570. The van der Waals surface area contributed by atoms with E-state index in [0.29, 0.717) is 27.2 Å². The molecular formula is C26H20ClN7O3. The molecule has 1 atom stereocenters. The van der Waals surface area contributed by atoms with Crippen LogP contribution in [0.2, 0.25) is 5.02 Å². The number of nitrogens with one attached hydrogen (secondary N) is 2. The first-order valence-electron chi connectivity index (χ1n) is 11.3. The van der Waals surface area contributed by atoms with Gasteiger partial charge in [-0.25, -0.2) is 0 Å². The molecule has 0 aliphatic carbocycles. The van der Waals surface area contributed by atoms with E-state index < -0.39 is 17.9 Å². The maximum atomic E-state index is 13.2. The zero-order valence-electron chi connectivity index (χ0n) is 19.3. The predicted molar refractivity (Wildman–Crippen MR) is 138 cm³/mol. The second-order valence-electron chi connectivity index (χ2n) is 8.06. The van der Waals surface area contributed by atoms with E-state index in [9.17, 15) is 9.59 Å². The zero-order valence-corrected chi connectivity index (χ0v) is 20.0. The Morgan fingerprint density at radius 3 is 2.68 bits per heavy atom. The number of carbonyl (C=O) groups is 2. The summed E-state index contributed by atoms with van der Waals surface area (Å²) in [6.45, 7) is 0. The third-order valence-corrected chi connectivity index (χ3v) is 5.77. The summed E-state index contributed by atoms with van der Waals surface area (Å²) in [5.74, 6) is -0.612. The monoisotopic (exact) mass is 513 g/mol. The number of para-hydroxylation sites is 1. The van der Waals surface area contributed by atoms with Crippen LogP contribution in [0.25, 0.3) is 22.7 Å². The lowest BCUT2D eigenvalue weighted by molar-refractivity contribution is -0.123. The molecule has 3 aromatic carbocycles. The maximum absolute atomic E-state index is 13.2. The summed E-state index contributed by atoms with van der Waals surface area (Å²) >= 11 is 6.16. The molecule has 0 aliphatic heterocycles. The molecule has 0 saturated carbocycles. The second-order valence-corrected chi connectivity index (χ2v) is 8.49. The maximum Gasteiger partial charge on any atom is 0.248 e. The van der Waals surface area contributed by atoms with Crippen molar-refractivity contribution in [2.24, 2.45) is 0 Å². The van der Waals surface area contributed by atoms with Crippen molar-refractivity contribution in [2.75, 3.05) is 5.32 Å². The third kappa shape index (κ3) is 5.71. The van der Waals surface area contributed by atoms with E-state index in [1.807, 2.05) is 42.5 Å². The van der Waals surface area contributed by atoms with Gasteiger partial charge in [-0.1, -0.05) is 59.2 Å². The van der Waals surface area contributed by atoms with Crippen LogP contribution in [0.4, 0.5) is 5.82 Å². The van der Waals surface area contributed by atoms with Gasteiger partial charge in [0, 0.05) is 23.1 Å². The Hall–Kier alpha value is -4.83. The van der Waals surface area contributed by atoms with Crippen molar-refractivity contribution in [3.63, 3.8) is 0 Å². The standard InChI is InChI=1S/C26H20ClN7O3/c27-19-11-12-22(34-16-28-32-33-34)18(15-19)10-13-24(35)29-21(14-17-6-2-1-3-7-17)26(36)30-25-20-8-4-5-9-23(20)37-31-25/h1-13,15-16,21H,14H2,(H,29,35)(H,30,31,36)/b13-10+/t21-/m0/s1. The number of benzene rings is 3. The topological polar surface area (TPSA) is 128 Å². The minimum absolute atomic E-state index is 0.273. The van der Waals surface area contributed by atoms with E-state index in [0.717, 1.165) is 5.56 Å². The van der Waals surface area contributed by atoms with Gasteiger partial charge >= 0.3 is 0 Å². The van der Waals surface area contributed by atoms with Crippen LogP contribution >= 0.6 is 11.6 Å². The van der Waals surface area contributed by atoms with Crippen molar-refractivity contribution < 1.29 is 14.1 Å². The number of nitrogens with zero attached hydrogens (tertiary/aromatic N) is 5. The highest BCUT2D eigenvalue weighted by molar-refractivity contribution is 6.30. The number of rotatable bonds is 8. The molecule has 184 valence electrons. The first-order chi connectivity index (χ1) is 18.1. The molecule has 0 aliphatic rings. The molecule has 11 heteroatoms. The van der Waals surface area contributed by atoms with Crippen molar-refractivity contribution in [1.29, 1.82) is 0 Å². The SMILES string of the molecule is O=C(/C=C/c1cc(Cl)ccc1-n1cnnn1)N[C@@H](Cc1ccccc1)C(=O)Nc1noc2ccccc12. The number of halogens is 1. The van der Waals surface area contributed by atoms with Crippen LogP contribution in [-0.2, 0) is 16.0 Å². The van der Waals surface area contributed by atoms with Crippen molar-refractivity contribution >= 4 is 46.3 Å². The lowest BCUT2D eigenvalue weighted by atomic mass is 10.0. The number of carbonyl (C=O) groups excluding carboxylic acids is 2. The summed E-state index contributed by atoms with van der Waals surface area (Å²) in [4.78, 5) is 26.2. The summed E-state index contributed by atoms with van der Waals surface area (Å²) in [5.41, 5.74) is 2.68. The highest BCUT2D eigenvalue weighted by atomic mass is 35.5. The lowest BCUT2D eigenvalue weighted by Crippen LogP contribution is -2.44. The normalized spacial score (nSPS) is 12.0. The number of aromatic nitrogens is 5. The van der Waals surface area contributed by atoms with Crippen LogP contribution in [0.1, 0.15) is 11.1 Å². The Morgan fingerprint density at radius 1 is 1.05 bits per heavy atom. The van der Waals surface area contributed by atoms with Gasteiger partial charge in [0.25, 0.3) is 0 Å². The van der Waals surface area contributed by atoms with E-state index in [2.05, 4.69) is 31.3 Å². The average Bonchev–Trinajstić information content (AvgIpc) is 3.59. The molecule has 0 saturated heterocycles. The van der Waals surface area contributed by atoms with Gasteiger partial charge in [0.05, 0.1) is 11.1 Å². The quantitative estimate of drug-likeness (QED) is 0.302. The molecule has 5 rings (SSSR count). The molecule has 2 aromatic heterocycles. The summed E-state index contributed by atoms with van der Waals surface area (Å²) in [6, 6.07) is 20.8. The number of fused-ring (bicyclic) bond motifs is 1. The first kappa shape index (κ1) is 23.9. The van der Waals surface area contributed by atoms with Crippen LogP contribution in [0, 0.1) is 0 Å². The fourth-order valence-electron chi connectivity index (χ4n) is 3.76. The fourth-order valence-corrected chi connectivity index (χ4v) is 3.94. The lowest BCUT2D eigenvalue weighted by Gasteiger charge is -2.17. The molecule has 5 aromatic rings. The zero-order chi connectivity index (χ0) is 25.6. The Balaban J connectivity index is 1.36. The summed E-state index contributed by atoms with van der Waals surface area (Å²) in [5, 5.41) is 21.8. The molecular weight excluding hydrogens is 494 g/mol. The number of tetrazole rings is 1. The Kier molecular flexibility index (Phi) is 7.00.